The SMILES string of the molecule is CC(C)[C@H](NC(=O)N(C)Cc1ccccn1)C(=O)N[C@@H](Cc1ccccc1)[C@H](O)[C@@H](O)[C@H](Cc1ccccc1)NC(=O)[C@@H](NC(=O)N(C)Cc1csc(NC(=O)OC(C)(C)C)n1)C(C)C. The normalized spacial score (nSPS) is 14.2. The van der Waals surface area contributed by atoms with Gasteiger partial charge >= 0.3 is 18.2 Å². The third-order valence-electron chi connectivity index (χ3n) is 10.3. The summed E-state index contributed by atoms with van der Waals surface area (Å²) in [6, 6.07) is 18.3. The van der Waals surface area contributed by atoms with Crippen LogP contribution in [-0.2, 0) is 40.3 Å². The van der Waals surface area contributed by atoms with Gasteiger partial charge in [-0.3, -0.25) is 19.9 Å². The van der Waals surface area contributed by atoms with E-state index in [9.17, 15) is 34.2 Å². The molecule has 17 nitrogen and oxygen atoms in total. The smallest absolute Gasteiger partial charge is 0.413 e. The number of urea groups is 2. The lowest BCUT2D eigenvalue weighted by atomic mass is 9.90. The van der Waals surface area contributed by atoms with Crippen molar-refractivity contribution in [1.29, 1.82) is 0 Å². The van der Waals surface area contributed by atoms with Crippen LogP contribution < -0.4 is 26.6 Å². The van der Waals surface area contributed by atoms with E-state index in [2.05, 4.69) is 36.6 Å². The molecule has 0 unspecified atom stereocenters. The fourth-order valence-corrected chi connectivity index (χ4v) is 7.46. The standard InChI is InChI=1S/C47H65N9O8S/c1-29(2)37(52-44(61)55(8)26-33-22-16-17-23-48-33)41(59)50-35(24-31-18-12-10-13-19-31)39(57)40(58)36(25-32-20-14-11-15-21-32)51-42(60)38(30(3)4)53-45(62)56(9)27-34-28-65-43(49-34)54-46(63)64-47(5,6)7/h10-23,28-30,35-40,57-58H,24-27H2,1-9H3,(H,50,59)(H,51,60)(H,52,61)(H,53,62)(H,49,54,63)/t35-,36-,37-,38-,39-,40-/m0/s1. The summed E-state index contributed by atoms with van der Waals surface area (Å²) in [5.41, 5.74) is 1.98. The molecule has 65 heavy (non-hydrogen) atoms. The molecule has 0 radical (unpaired) electrons. The van der Waals surface area contributed by atoms with Gasteiger partial charge in [0, 0.05) is 25.7 Å². The molecule has 7 N–H and O–H groups in total. The van der Waals surface area contributed by atoms with E-state index in [-0.39, 0.29) is 31.8 Å². The second-order valence-electron chi connectivity index (χ2n) is 17.7. The van der Waals surface area contributed by atoms with Crippen LogP contribution in [0.5, 0.6) is 0 Å². The Morgan fingerprint density at radius 3 is 1.52 bits per heavy atom. The molecule has 0 saturated heterocycles. The predicted octanol–water partition coefficient (Wildman–Crippen LogP) is 5.09. The van der Waals surface area contributed by atoms with E-state index >= 15 is 0 Å². The summed E-state index contributed by atoms with van der Waals surface area (Å²) < 4.78 is 5.29. The molecule has 0 aliphatic carbocycles. The lowest BCUT2D eigenvalue weighted by molar-refractivity contribution is -0.129. The zero-order valence-corrected chi connectivity index (χ0v) is 39.5. The van der Waals surface area contributed by atoms with Crippen LogP contribution in [0, 0.1) is 11.8 Å². The Labute approximate surface area is 385 Å². The lowest BCUT2D eigenvalue weighted by Crippen LogP contribution is -2.62. The van der Waals surface area contributed by atoms with Crippen LogP contribution in [0.1, 0.15) is 71.0 Å². The molecule has 4 rings (SSSR count). The van der Waals surface area contributed by atoms with Crippen molar-refractivity contribution in [3.8, 4) is 0 Å². The maximum atomic E-state index is 14.2. The van der Waals surface area contributed by atoms with Crippen LogP contribution in [-0.4, -0.2) is 116 Å². The molecule has 2 aromatic carbocycles. The van der Waals surface area contributed by atoms with Gasteiger partial charge in [0.1, 0.15) is 29.9 Å². The minimum Gasteiger partial charge on any atom is -0.444 e. The van der Waals surface area contributed by atoms with E-state index in [1.165, 1.54) is 21.1 Å². The highest BCUT2D eigenvalue weighted by molar-refractivity contribution is 7.13. The highest BCUT2D eigenvalue weighted by Crippen LogP contribution is 2.20. The van der Waals surface area contributed by atoms with Crippen molar-refractivity contribution in [2.24, 2.45) is 11.8 Å². The van der Waals surface area contributed by atoms with Crippen LogP contribution >= 0.6 is 11.3 Å². The summed E-state index contributed by atoms with van der Waals surface area (Å²) >= 11 is 1.17. The Kier molecular flexibility index (Phi) is 19.2. The van der Waals surface area contributed by atoms with Gasteiger partial charge in [0.15, 0.2) is 5.13 Å². The number of ether oxygens (including phenoxy) is 1. The Balaban J connectivity index is 1.52. The molecule has 6 atom stereocenters. The fourth-order valence-electron chi connectivity index (χ4n) is 6.78. The second kappa shape index (κ2) is 24.3. The number of rotatable bonds is 20. The van der Waals surface area contributed by atoms with Crippen LogP contribution in [0.2, 0.25) is 0 Å². The number of nitrogens with zero attached hydrogens (tertiary/aromatic N) is 4. The predicted molar refractivity (Wildman–Crippen MR) is 250 cm³/mol. The monoisotopic (exact) mass is 915 g/mol. The number of carbonyl (C=O) groups excluding carboxylic acids is 5. The molecular formula is C47H65N9O8S. The minimum absolute atomic E-state index is 0.0596. The molecule has 0 fully saturated rings. The lowest BCUT2D eigenvalue weighted by Gasteiger charge is -2.35. The number of carbonyl (C=O) groups is 5. The number of thiazole rings is 1. The van der Waals surface area contributed by atoms with Crippen molar-refractivity contribution >= 4 is 46.4 Å². The molecule has 0 saturated carbocycles. The average molecular weight is 916 g/mol. The van der Waals surface area contributed by atoms with Crippen molar-refractivity contribution < 1.29 is 38.9 Å². The van der Waals surface area contributed by atoms with Crippen LogP contribution in [0.15, 0.2) is 90.4 Å². The Hall–Kier alpha value is -6.11. The van der Waals surface area contributed by atoms with Gasteiger partial charge in [-0.25, -0.2) is 19.4 Å². The first kappa shape index (κ1) is 51.5. The first-order valence-corrected chi connectivity index (χ1v) is 22.5. The van der Waals surface area contributed by atoms with Crippen molar-refractivity contribution in [3.63, 3.8) is 0 Å². The highest BCUT2D eigenvalue weighted by Gasteiger charge is 2.38. The van der Waals surface area contributed by atoms with Crippen LogP contribution in [0.25, 0.3) is 0 Å². The van der Waals surface area contributed by atoms with E-state index in [1.54, 1.807) is 86.3 Å². The zero-order chi connectivity index (χ0) is 47.8. The van der Waals surface area contributed by atoms with Gasteiger partial charge in [0.25, 0.3) is 0 Å². The van der Waals surface area contributed by atoms with Gasteiger partial charge in [0.05, 0.1) is 36.6 Å². The second-order valence-corrected chi connectivity index (χ2v) is 18.6. The van der Waals surface area contributed by atoms with Crippen molar-refractivity contribution in [3.05, 3.63) is 113 Å². The van der Waals surface area contributed by atoms with Gasteiger partial charge in [-0.15, -0.1) is 11.3 Å². The minimum atomic E-state index is -1.64. The number of aromatic nitrogens is 2. The number of benzene rings is 2. The van der Waals surface area contributed by atoms with Gasteiger partial charge < -0.3 is 46.0 Å². The number of anilines is 1. The fraction of sp³-hybridized carbons (Fsp3) is 0.468. The molecule has 352 valence electrons. The van der Waals surface area contributed by atoms with Gasteiger partial charge in [0.2, 0.25) is 11.8 Å². The Bertz CT molecular complexity index is 2140. The van der Waals surface area contributed by atoms with E-state index in [1.807, 2.05) is 66.7 Å². The van der Waals surface area contributed by atoms with Crippen LogP contribution in [0.4, 0.5) is 19.5 Å². The van der Waals surface area contributed by atoms with Crippen molar-refractivity contribution in [2.45, 2.75) is 116 Å². The molecular weight excluding hydrogens is 851 g/mol. The number of hydrogen-bond donors (Lipinski definition) is 7. The number of pyridine rings is 1. The van der Waals surface area contributed by atoms with Gasteiger partial charge in [-0.1, -0.05) is 94.4 Å². The van der Waals surface area contributed by atoms with Gasteiger partial charge in [-0.2, -0.15) is 0 Å². The molecule has 2 heterocycles. The largest absolute Gasteiger partial charge is 0.444 e. The van der Waals surface area contributed by atoms with Crippen molar-refractivity contribution in [1.82, 2.24) is 41.0 Å². The number of nitrogens with one attached hydrogen (secondary N) is 5. The number of amides is 7. The highest BCUT2D eigenvalue weighted by atomic mass is 32.1. The molecule has 4 aromatic rings. The van der Waals surface area contributed by atoms with Gasteiger partial charge in [-0.05, 0) is 68.7 Å². The van der Waals surface area contributed by atoms with E-state index < -0.39 is 77.9 Å². The maximum absolute atomic E-state index is 14.2. The molecule has 18 heteroatoms. The molecule has 0 aliphatic rings. The quantitative estimate of drug-likeness (QED) is 0.0621. The summed E-state index contributed by atoms with van der Waals surface area (Å²) in [6.45, 7) is 12.6. The molecule has 0 aliphatic heterocycles. The number of aliphatic hydroxyl groups excluding tert-OH is 2. The molecule has 0 bridgehead atoms. The summed E-state index contributed by atoms with van der Waals surface area (Å²) in [7, 11) is 3.14. The van der Waals surface area contributed by atoms with E-state index in [0.717, 1.165) is 11.1 Å². The summed E-state index contributed by atoms with van der Waals surface area (Å²) in [4.78, 5) is 78.8. The first-order valence-electron chi connectivity index (χ1n) is 21.6. The number of aliphatic hydroxyl groups is 2. The molecule has 7 amide bonds. The van der Waals surface area contributed by atoms with Crippen LogP contribution in [0.3, 0.4) is 0 Å². The summed E-state index contributed by atoms with van der Waals surface area (Å²) in [5.74, 6) is -1.95. The van der Waals surface area contributed by atoms with E-state index in [4.69, 9.17) is 4.74 Å². The molecule has 0 spiro atoms. The third kappa shape index (κ3) is 16.8. The maximum Gasteiger partial charge on any atom is 0.413 e. The number of hydrogen-bond acceptors (Lipinski definition) is 11. The third-order valence-corrected chi connectivity index (χ3v) is 11.1. The Morgan fingerprint density at radius 2 is 1.11 bits per heavy atom. The average Bonchev–Trinajstić information content (AvgIpc) is 3.69. The van der Waals surface area contributed by atoms with Crippen molar-refractivity contribution in [2.75, 3.05) is 19.4 Å². The molecule has 2 aromatic heterocycles. The zero-order valence-electron chi connectivity index (χ0n) is 38.6. The van der Waals surface area contributed by atoms with E-state index in [0.29, 0.717) is 16.5 Å². The first-order chi connectivity index (χ1) is 30.7. The topological polar surface area (TPSA) is 227 Å². The Morgan fingerprint density at radius 1 is 0.662 bits per heavy atom. The summed E-state index contributed by atoms with van der Waals surface area (Å²) in [5, 5.41) is 40.2. The summed E-state index contributed by atoms with van der Waals surface area (Å²) in [6.07, 6.45) is -2.10.